The fraction of sp³-hybridized carbons (Fsp3) is 0. The summed E-state index contributed by atoms with van der Waals surface area (Å²) in [7, 11) is 0. The van der Waals surface area contributed by atoms with Crippen molar-refractivity contribution in [3.63, 3.8) is 0 Å². The molecule has 0 saturated carbocycles. The van der Waals surface area contributed by atoms with E-state index in [1.807, 2.05) is 29.6 Å². The summed E-state index contributed by atoms with van der Waals surface area (Å²) >= 11 is 3.20. The van der Waals surface area contributed by atoms with Gasteiger partial charge in [0, 0.05) is 6.20 Å². The number of hydrogen-bond donors (Lipinski definition) is 2. The van der Waals surface area contributed by atoms with Crippen molar-refractivity contribution in [2.75, 3.05) is 5.32 Å². The fourth-order valence-electron chi connectivity index (χ4n) is 1.33. The van der Waals surface area contributed by atoms with Crippen molar-refractivity contribution >= 4 is 34.7 Å². The van der Waals surface area contributed by atoms with Crippen LogP contribution in [0, 0.1) is 0 Å². The summed E-state index contributed by atoms with van der Waals surface area (Å²) in [5, 5.41) is 12.8. The van der Waals surface area contributed by atoms with Crippen molar-refractivity contribution in [1.82, 2.24) is 20.2 Å². The smallest absolute Gasteiger partial charge is 0.224 e. The van der Waals surface area contributed by atoms with E-state index in [2.05, 4.69) is 25.5 Å². The zero-order valence-corrected chi connectivity index (χ0v) is 10.8. The second kappa shape index (κ2) is 5.19. The Morgan fingerprint density at radius 1 is 1.28 bits per heavy atom. The van der Waals surface area contributed by atoms with Crippen LogP contribution in [0.5, 0.6) is 0 Å². The molecule has 3 aromatic heterocycles. The third kappa shape index (κ3) is 2.69. The Balaban J connectivity index is 1.70. The van der Waals surface area contributed by atoms with Gasteiger partial charge >= 0.3 is 0 Å². The maximum Gasteiger partial charge on any atom is 0.224 e. The van der Waals surface area contributed by atoms with Gasteiger partial charge in [0.25, 0.3) is 0 Å². The van der Waals surface area contributed by atoms with E-state index < -0.39 is 0 Å². The first-order valence-electron chi connectivity index (χ1n) is 5.21. The van der Waals surface area contributed by atoms with Gasteiger partial charge in [0.15, 0.2) is 0 Å². The summed E-state index contributed by atoms with van der Waals surface area (Å²) < 4.78 is 1.17. The van der Waals surface area contributed by atoms with Crippen LogP contribution in [0.15, 0.2) is 51.4 Å². The van der Waals surface area contributed by atoms with E-state index in [1.54, 1.807) is 23.7 Å². The Morgan fingerprint density at radius 3 is 3.06 bits per heavy atom. The number of thiophene rings is 1. The lowest BCUT2D eigenvalue weighted by Gasteiger charge is -1.99. The molecule has 0 aliphatic heterocycles. The van der Waals surface area contributed by atoms with Gasteiger partial charge in [-0.05, 0) is 35.3 Å². The molecular weight excluding hydrogens is 266 g/mol. The summed E-state index contributed by atoms with van der Waals surface area (Å²) in [6, 6.07) is 7.83. The molecule has 0 aliphatic rings. The molecule has 3 heterocycles. The minimum absolute atomic E-state index is 0.613. The first kappa shape index (κ1) is 11.2. The third-order valence-corrected chi connectivity index (χ3v) is 3.98. The van der Waals surface area contributed by atoms with Crippen molar-refractivity contribution in [3.8, 4) is 0 Å². The summed E-state index contributed by atoms with van der Waals surface area (Å²) in [6.45, 7) is 0. The first-order chi connectivity index (χ1) is 8.90. The molecule has 5 nitrogen and oxygen atoms in total. The number of H-pyrrole nitrogens is 1. The SMILES string of the molecule is c1cncc(Nc2nc(Sc3cccs3)n[nH]2)c1. The van der Waals surface area contributed by atoms with Crippen LogP contribution in [0.3, 0.4) is 0 Å². The predicted molar refractivity (Wildman–Crippen MR) is 72.3 cm³/mol. The van der Waals surface area contributed by atoms with E-state index in [4.69, 9.17) is 0 Å². The van der Waals surface area contributed by atoms with Crippen LogP contribution in [0.25, 0.3) is 0 Å². The second-order valence-corrected chi connectivity index (χ2v) is 5.58. The number of rotatable bonds is 4. The molecule has 0 aromatic carbocycles. The van der Waals surface area contributed by atoms with Crippen molar-refractivity contribution in [2.45, 2.75) is 9.37 Å². The van der Waals surface area contributed by atoms with Crippen LogP contribution in [0.1, 0.15) is 0 Å². The topological polar surface area (TPSA) is 66.5 Å². The molecule has 7 heteroatoms. The number of nitrogens with zero attached hydrogens (tertiary/aromatic N) is 3. The highest BCUT2D eigenvalue weighted by Gasteiger charge is 2.05. The normalized spacial score (nSPS) is 10.4. The Bertz CT molecular complexity index is 605. The molecule has 0 bridgehead atoms. The molecule has 0 aliphatic carbocycles. The van der Waals surface area contributed by atoms with E-state index in [-0.39, 0.29) is 0 Å². The van der Waals surface area contributed by atoms with Crippen LogP contribution in [-0.4, -0.2) is 20.2 Å². The average molecular weight is 275 g/mol. The Hall–Kier alpha value is -1.86. The Morgan fingerprint density at radius 2 is 2.28 bits per heavy atom. The molecule has 3 aromatic rings. The van der Waals surface area contributed by atoms with E-state index >= 15 is 0 Å². The molecule has 2 N–H and O–H groups in total. The van der Waals surface area contributed by atoms with Gasteiger partial charge in [-0.2, -0.15) is 4.98 Å². The largest absolute Gasteiger partial charge is 0.323 e. The Labute approximate surface area is 112 Å². The van der Waals surface area contributed by atoms with Gasteiger partial charge in [-0.3, -0.25) is 4.98 Å². The second-order valence-electron chi connectivity index (χ2n) is 3.37. The van der Waals surface area contributed by atoms with Crippen molar-refractivity contribution < 1.29 is 0 Å². The van der Waals surface area contributed by atoms with Crippen molar-refractivity contribution in [3.05, 3.63) is 42.0 Å². The summed E-state index contributed by atoms with van der Waals surface area (Å²) in [6.07, 6.45) is 3.46. The van der Waals surface area contributed by atoms with Gasteiger partial charge in [0.05, 0.1) is 16.1 Å². The third-order valence-electron chi connectivity index (χ3n) is 2.08. The predicted octanol–water partition coefficient (Wildman–Crippen LogP) is 3.16. The highest BCUT2D eigenvalue weighted by atomic mass is 32.2. The van der Waals surface area contributed by atoms with Gasteiger partial charge in [-0.25, -0.2) is 5.10 Å². The number of aromatic amines is 1. The minimum Gasteiger partial charge on any atom is -0.323 e. The first-order valence-corrected chi connectivity index (χ1v) is 6.90. The lowest BCUT2D eigenvalue weighted by Crippen LogP contribution is -1.92. The molecule has 0 fully saturated rings. The summed E-state index contributed by atoms with van der Waals surface area (Å²) in [4.78, 5) is 8.36. The summed E-state index contributed by atoms with van der Waals surface area (Å²) in [5.74, 6) is 0.613. The van der Waals surface area contributed by atoms with Crippen LogP contribution < -0.4 is 5.32 Å². The fourth-order valence-corrected chi connectivity index (χ4v) is 2.92. The maximum absolute atomic E-state index is 4.34. The summed E-state index contributed by atoms with van der Waals surface area (Å²) in [5.41, 5.74) is 0.876. The van der Waals surface area contributed by atoms with E-state index in [1.165, 1.54) is 16.0 Å². The molecule has 0 radical (unpaired) electrons. The molecule has 90 valence electrons. The molecule has 18 heavy (non-hydrogen) atoms. The zero-order chi connectivity index (χ0) is 12.2. The number of aromatic nitrogens is 4. The Kier molecular flexibility index (Phi) is 3.24. The van der Waals surface area contributed by atoms with Gasteiger partial charge < -0.3 is 5.32 Å². The highest BCUT2D eigenvalue weighted by molar-refractivity contribution is 8.01. The average Bonchev–Trinajstić information content (AvgIpc) is 3.03. The standard InChI is InChI=1S/C11H9N5S2/c1-3-8(7-12-5-1)13-10-14-11(16-15-10)18-9-4-2-6-17-9/h1-7H,(H2,13,14,15,16). The number of anilines is 2. The molecule has 0 amide bonds. The van der Waals surface area contributed by atoms with Crippen LogP contribution in [0.2, 0.25) is 0 Å². The van der Waals surface area contributed by atoms with E-state index in [0.717, 1.165) is 5.69 Å². The lowest BCUT2D eigenvalue weighted by atomic mass is 10.4. The molecule has 0 saturated heterocycles. The number of hydrogen-bond acceptors (Lipinski definition) is 6. The maximum atomic E-state index is 4.34. The molecule has 0 spiro atoms. The quantitative estimate of drug-likeness (QED) is 0.765. The number of nitrogens with one attached hydrogen (secondary N) is 2. The van der Waals surface area contributed by atoms with Crippen LogP contribution >= 0.6 is 23.1 Å². The van der Waals surface area contributed by atoms with Gasteiger partial charge in [-0.1, -0.05) is 6.07 Å². The van der Waals surface area contributed by atoms with Gasteiger partial charge in [-0.15, -0.1) is 16.4 Å². The minimum atomic E-state index is 0.613. The van der Waals surface area contributed by atoms with Crippen molar-refractivity contribution in [2.24, 2.45) is 0 Å². The molecule has 3 rings (SSSR count). The van der Waals surface area contributed by atoms with Crippen LogP contribution in [0.4, 0.5) is 11.6 Å². The lowest BCUT2D eigenvalue weighted by molar-refractivity contribution is 0.975. The molecular formula is C11H9N5S2. The molecule has 0 unspecified atom stereocenters. The molecule has 0 atom stereocenters. The highest BCUT2D eigenvalue weighted by Crippen LogP contribution is 2.29. The van der Waals surface area contributed by atoms with E-state index in [9.17, 15) is 0 Å². The van der Waals surface area contributed by atoms with Gasteiger partial charge in [0.1, 0.15) is 0 Å². The monoisotopic (exact) mass is 275 g/mol. The number of pyridine rings is 1. The van der Waals surface area contributed by atoms with E-state index in [0.29, 0.717) is 11.1 Å². The van der Waals surface area contributed by atoms with Crippen LogP contribution in [-0.2, 0) is 0 Å². The zero-order valence-electron chi connectivity index (χ0n) is 9.20. The van der Waals surface area contributed by atoms with Crippen molar-refractivity contribution in [1.29, 1.82) is 0 Å². The van der Waals surface area contributed by atoms with Gasteiger partial charge in [0.2, 0.25) is 11.1 Å².